The molecule has 0 aromatic heterocycles. The van der Waals surface area contributed by atoms with Gasteiger partial charge in [-0.1, -0.05) is 13.8 Å². The largest absolute Gasteiger partial charge is 0.397 e. The van der Waals surface area contributed by atoms with Gasteiger partial charge in [0.05, 0.1) is 11.4 Å². The van der Waals surface area contributed by atoms with Crippen molar-refractivity contribution in [3.05, 3.63) is 24.0 Å². The van der Waals surface area contributed by atoms with Crippen LogP contribution in [0, 0.1) is 11.7 Å². The van der Waals surface area contributed by atoms with Gasteiger partial charge in [-0.25, -0.2) is 4.39 Å². The van der Waals surface area contributed by atoms with Crippen molar-refractivity contribution >= 4 is 17.3 Å². The van der Waals surface area contributed by atoms with E-state index in [-0.39, 0.29) is 11.6 Å². The number of carbonyl (C=O) groups excluding carboxylic acids is 1. The molecule has 0 heterocycles. The van der Waals surface area contributed by atoms with Gasteiger partial charge in [0.25, 0.3) is 0 Å². The number of nitrogens with two attached hydrogens (primary N) is 2. The summed E-state index contributed by atoms with van der Waals surface area (Å²) in [7, 11) is 0. The number of carbonyl (C=O) groups is 1. The summed E-state index contributed by atoms with van der Waals surface area (Å²) in [5, 5.41) is 2.91. The molecule has 0 bridgehead atoms. The first-order chi connectivity index (χ1) is 7.41. The Kier molecular flexibility index (Phi) is 3.71. The van der Waals surface area contributed by atoms with Gasteiger partial charge in [-0.3, -0.25) is 4.79 Å². The van der Waals surface area contributed by atoms with Crippen LogP contribution < -0.4 is 16.8 Å². The Labute approximate surface area is 93.8 Å². The highest BCUT2D eigenvalue weighted by molar-refractivity contribution is 5.84. The van der Waals surface area contributed by atoms with Crippen LogP contribution in [-0.4, -0.2) is 11.9 Å². The minimum absolute atomic E-state index is 0.0296. The fourth-order valence-corrected chi connectivity index (χ4v) is 1.40. The second kappa shape index (κ2) is 4.83. The van der Waals surface area contributed by atoms with Crippen LogP contribution in [0.5, 0.6) is 0 Å². The van der Waals surface area contributed by atoms with Gasteiger partial charge in [-0.2, -0.15) is 0 Å². The summed E-state index contributed by atoms with van der Waals surface area (Å²) < 4.78 is 12.8. The van der Waals surface area contributed by atoms with Crippen molar-refractivity contribution in [3.63, 3.8) is 0 Å². The van der Waals surface area contributed by atoms with E-state index in [4.69, 9.17) is 11.5 Å². The highest BCUT2D eigenvalue weighted by Gasteiger charge is 2.19. The Bertz CT molecular complexity index is 393. The third-order valence-corrected chi connectivity index (χ3v) is 2.30. The normalized spacial score (nSPS) is 12.5. The maximum atomic E-state index is 12.8. The average molecular weight is 225 g/mol. The molecule has 0 aliphatic carbocycles. The summed E-state index contributed by atoms with van der Waals surface area (Å²) in [4.78, 5) is 11.2. The van der Waals surface area contributed by atoms with Crippen LogP contribution in [0.15, 0.2) is 18.2 Å². The van der Waals surface area contributed by atoms with E-state index in [1.54, 1.807) is 0 Å². The molecule has 0 radical (unpaired) electrons. The number of primary amides is 1. The lowest BCUT2D eigenvalue weighted by Crippen LogP contribution is -2.39. The maximum absolute atomic E-state index is 12.8. The molecule has 1 unspecified atom stereocenters. The standard InChI is InChI=1S/C11H16FN3O/c1-6(2)10(11(14)16)15-9-4-3-7(12)5-8(9)13/h3-6,10,15H,13H2,1-2H3,(H2,14,16). The quantitative estimate of drug-likeness (QED) is 0.676. The number of nitrogens with one attached hydrogen (secondary N) is 1. The predicted octanol–water partition coefficient (Wildman–Crippen LogP) is 1.33. The van der Waals surface area contributed by atoms with Crippen LogP contribution >= 0.6 is 0 Å². The predicted molar refractivity (Wildman–Crippen MR) is 62.3 cm³/mol. The number of halogens is 1. The molecule has 1 aromatic rings. The van der Waals surface area contributed by atoms with E-state index in [0.29, 0.717) is 5.69 Å². The van der Waals surface area contributed by atoms with Crippen LogP contribution in [0.4, 0.5) is 15.8 Å². The topological polar surface area (TPSA) is 81.1 Å². The van der Waals surface area contributed by atoms with Crippen molar-refractivity contribution in [1.82, 2.24) is 0 Å². The molecule has 1 aromatic carbocycles. The zero-order chi connectivity index (χ0) is 12.3. The van der Waals surface area contributed by atoms with Crippen LogP contribution in [0.2, 0.25) is 0 Å². The van der Waals surface area contributed by atoms with Gasteiger partial charge in [0, 0.05) is 0 Å². The molecule has 0 aliphatic heterocycles. The minimum atomic E-state index is -0.521. The van der Waals surface area contributed by atoms with Gasteiger partial charge in [0.2, 0.25) is 5.91 Å². The maximum Gasteiger partial charge on any atom is 0.240 e. The molecule has 4 nitrogen and oxygen atoms in total. The zero-order valence-electron chi connectivity index (χ0n) is 9.33. The fraction of sp³-hybridized carbons (Fsp3) is 0.364. The SMILES string of the molecule is CC(C)C(Nc1ccc(F)cc1N)C(N)=O. The number of hydrogen-bond acceptors (Lipinski definition) is 3. The molecule has 0 saturated heterocycles. The van der Waals surface area contributed by atoms with Gasteiger partial charge >= 0.3 is 0 Å². The van der Waals surface area contributed by atoms with Crippen molar-refractivity contribution in [2.24, 2.45) is 11.7 Å². The van der Waals surface area contributed by atoms with Crippen LogP contribution in [0.25, 0.3) is 0 Å². The van der Waals surface area contributed by atoms with Crippen LogP contribution in [0.1, 0.15) is 13.8 Å². The number of anilines is 2. The number of benzene rings is 1. The van der Waals surface area contributed by atoms with Crippen LogP contribution in [-0.2, 0) is 4.79 Å². The molecule has 1 rings (SSSR count). The summed E-state index contributed by atoms with van der Waals surface area (Å²) in [6.45, 7) is 3.73. The van der Waals surface area contributed by atoms with Crippen LogP contribution in [0.3, 0.4) is 0 Å². The number of nitrogen functional groups attached to an aromatic ring is 1. The lowest BCUT2D eigenvalue weighted by molar-refractivity contribution is -0.119. The molecule has 88 valence electrons. The first-order valence-electron chi connectivity index (χ1n) is 5.02. The lowest BCUT2D eigenvalue weighted by atomic mass is 10.0. The summed E-state index contributed by atoms with van der Waals surface area (Å²) in [6.07, 6.45) is 0. The molecule has 1 atom stereocenters. The van der Waals surface area contributed by atoms with E-state index >= 15 is 0 Å². The third-order valence-electron chi connectivity index (χ3n) is 2.30. The number of amides is 1. The van der Waals surface area contributed by atoms with Crippen molar-refractivity contribution in [3.8, 4) is 0 Å². The Morgan fingerprint density at radius 1 is 1.44 bits per heavy atom. The highest BCUT2D eigenvalue weighted by atomic mass is 19.1. The molecule has 5 heteroatoms. The molecule has 0 fully saturated rings. The average Bonchev–Trinajstić information content (AvgIpc) is 2.15. The molecular formula is C11H16FN3O. The minimum Gasteiger partial charge on any atom is -0.397 e. The van der Waals surface area contributed by atoms with Crippen molar-refractivity contribution in [1.29, 1.82) is 0 Å². The highest BCUT2D eigenvalue weighted by Crippen LogP contribution is 2.21. The van der Waals surface area contributed by atoms with E-state index < -0.39 is 17.8 Å². The fourth-order valence-electron chi connectivity index (χ4n) is 1.40. The molecule has 0 saturated carbocycles. The smallest absolute Gasteiger partial charge is 0.240 e. The Morgan fingerprint density at radius 2 is 2.06 bits per heavy atom. The van der Waals surface area contributed by atoms with E-state index in [0.717, 1.165) is 0 Å². The summed E-state index contributed by atoms with van der Waals surface area (Å²) in [5.41, 5.74) is 11.6. The lowest BCUT2D eigenvalue weighted by Gasteiger charge is -2.21. The van der Waals surface area contributed by atoms with E-state index in [1.807, 2.05) is 13.8 Å². The third kappa shape index (κ3) is 2.85. The van der Waals surface area contributed by atoms with Crippen molar-refractivity contribution < 1.29 is 9.18 Å². The van der Waals surface area contributed by atoms with Gasteiger partial charge in [-0.15, -0.1) is 0 Å². The van der Waals surface area contributed by atoms with Gasteiger partial charge in [-0.05, 0) is 24.1 Å². The van der Waals surface area contributed by atoms with Crippen molar-refractivity contribution in [2.75, 3.05) is 11.1 Å². The molecular weight excluding hydrogens is 209 g/mol. The Balaban J connectivity index is 2.90. The summed E-state index contributed by atoms with van der Waals surface area (Å²) >= 11 is 0. The first-order valence-corrected chi connectivity index (χ1v) is 5.02. The van der Waals surface area contributed by atoms with E-state index in [1.165, 1.54) is 18.2 Å². The number of rotatable bonds is 4. The van der Waals surface area contributed by atoms with E-state index in [2.05, 4.69) is 5.32 Å². The van der Waals surface area contributed by atoms with E-state index in [9.17, 15) is 9.18 Å². The molecule has 0 spiro atoms. The number of hydrogen-bond donors (Lipinski definition) is 3. The van der Waals surface area contributed by atoms with Gasteiger partial charge in [0.1, 0.15) is 11.9 Å². The molecule has 5 N–H and O–H groups in total. The monoisotopic (exact) mass is 225 g/mol. The van der Waals surface area contributed by atoms with Crippen molar-refractivity contribution in [2.45, 2.75) is 19.9 Å². The first kappa shape index (κ1) is 12.3. The molecule has 1 amide bonds. The Hall–Kier alpha value is -1.78. The van der Waals surface area contributed by atoms with Gasteiger partial charge < -0.3 is 16.8 Å². The second-order valence-electron chi connectivity index (χ2n) is 4.00. The Morgan fingerprint density at radius 3 is 2.50 bits per heavy atom. The second-order valence-corrected chi connectivity index (χ2v) is 4.00. The molecule has 16 heavy (non-hydrogen) atoms. The van der Waals surface area contributed by atoms with Gasteiger partial charge in [0.15, 0.2) is 0 Å². The zero-order valence-corrected chi connectivity index (χ0v) is 9.33. The summed E-state index contributed by atoms with van der Waals surface area (Å²) in [6, 6.07) is 3.44. The molecule has 0 aliphatic rings. The summed E-state index contributed by atoms with van der Waals surface area (Å²) in [5.74, 6) is -0.844.